The SMILES string of the molecule is COc1c2c(cc3c1[C@@H](C(=O)Nc1c(C)cccc1C)[N@@+](C)(CC(N)=O)CC3)OCO2. The largest absolute Gasteiger partial charge is 0.492 e. The number of carbonyl (C=O) groups is 2. The van der Waals surface area contributed by atoms with Gasteiger partial charge in [0.15, 0.2) is 24.1 Å². The summed E-state index contributed by atoms with van der Waals surface area (Å²) in [7, 11) is 3.43. The van der Waals surface area contributed by atoms with E-state index in [9.17, 15) is 9.59 Å². The number of benzene rings is 2. The second-order valence-electron chi connectivity index (χ2n) is 8.45. The molecule has 31 heavy (non-hydrogen) atoms. The summed E-state index contributed by atoms with van der Waals surface area (Å²) in [6, 6.07) is 7.06. The molecule has 2 heterocycles. The fourth-order valence-corrected chi connectivity index (χ4v) is 4.75. The number of hydrogen-bond acceptors (Lipinski definition) is 5. The lowest BCUT2D eigenvalue weighted by molar-refractivity contribution is -0.924. The first-order valence-corrected chi connectivity index (χ1v) is 10.2. The third kappa shape index (κ3) is 3.57. The van der Waals surface area contributed by atoms with Crippen LogP contribution in [0.2, 0.25) is 0 Å². The van der Waals surface area contributed by atoms with E-state index in [1.165, 1.54) is 0 Å². The number of carbonyl (C=O) groups excluding carboxylic acids is 2. The molecule has 4 rings (SSSR count). The molecule has 0 spiro atoms. The van der Waals surface area contributed by atoms with Gasteiger partial charge in [0.25, 0.3) is 11.8 Å². The normalized spacial score (nSPS) is 21.4. The molecule has 0 aromatic heterocycles. The molecule has 0 saturated heterocycles. The van der Waals surface area contributed by atoms with Crippen LogP contribution in [0.25, 0.3) is 0 Å². The highest BCUT2D eigenvalue weighted by Crippen LogP contribution is 2.51. The quantitative estimate of drug-likeness (QED) is 0.714. The van der Waals surface area contributed by atoms with Crippen molar-refractivity contribution >= 4 is 17.5 Å². The number of quaternary nitrogens is 1. The molecule has 0 bridgehead atoms. The van der Waals surface area contributed by atoms with Gasteiger partial charge in [-0.15, -0.1) is 0 Å². The molecule has 3 N–H and O–H groups in total. The number of primary amides is 1. The van der Waals surface area contributed by atoms with Crippen molar-refractivity contribution < 1.29 is 28.3 Å². The smallest absolute Gasteiger partial charge is 0.287 e. The predicted molar refractivity (Wildman–Crippen MR) is 115 cm³/mol. The van der Waals surface area contributed by atoms with Crippen LogP contribution < -0.4 is 25.3 Å². The number of nitrogens with one attached hydrogen (secondary N) is 1. The van der Waals surface area contributed by atoms with Gasteiger partial charge in [0.05, 0.1) is 26.3 Å². The summed E-state index contributed by atoms with van der Waals surface area (Å²) < 4.78 is 17.1. The Kier molecular flexibility index (Phi) is 5.26. The molecule has 0 fully saturated rings. The minimum absolute atomic E-state index is 0.0296. The van der Waals surface area contributed by atoms with E-state index < -0.39 is 11.9 Å². The molecule has 0 aliphatic carbocycles. The average Bonchev–Trinajstić information content (AvgIpc) is 3.16. The predicted octanol–water partition coefficient (Wildman–Crippen LogP) is 2.21. The zero-order valence-electron chi connectivity index (χ0n) is 18.3. The third-order valence-corrected chi connectivity index (χ3v) is 6.23. The zero-order chi connectivity index (χ0) is 22.3. The van der Waals surface area contributed by atoms with Crippen LogP contribution in [0.4, 0.5) is 5.69 Å². The highest BCUT2D eigenvalue weighted by Gasteiger charge is 2.48. The van der Waals surface area contributed by atoms with Crippen LogP contribution in [0, 0.1) is 13.8 Å². The lowest BCUT2D eigenvalue weighted by Gasteiger charge is -2.44. The number of ether oxygens (including phenoxy) is 3. The average molecular weight is 426 g/mol. The molecule has 8 nitrogen and oxygen atoms in total. The van der Waals surface area contributed by atoms with E-state index in [1.807, 2.05) is 45.2 Å². The van der Waals surface area contributed by atoms with Gasteiger partial charge in [0.2, 0.25) is 12.5 Å². The number of methoxy groups -OCH3 is 1. The fraction of sp³-hybridized carbons (Fsp3) is 0.391. The van der Waals surface area contributed by atoms with Crippen molar-refractivity contribution in [3.63, 3.8) is 0 Å². The van der Waals surface area contributed by atoms with Gasteiger partial charge in [-0.2, -0.15) is 0 Å². The summed E-state index contributed by atoms with van der Waals surface area (Å²) >= 11 is 0. The van der Waals surface area contributed by atoms with Gasteiger partial charge in [-0.05, 0) is 36.6 Å². The summed E-state index contributed by atoms with van der Waals surface area (Å²) in [6.45, 7) is 4.60. The van der Waals surface area contributed by atoms with Crippen LogP contribution in [0.3, 0.4) is 0 Å². The van der Waals surface area contributed by atoms with E-state index in [0.717, 1.165) is 22.4 Å². The standard InChI is InChI=1S/C23H27N3O5/c1-13-6-5-7-14(2)19(13)25-23(28)20-18-15(8-9-26(20,3)11-17(24)27)10-16-21(22(18)29-4)31-12-30-16/h5-7,10,20H,8-9,11-12H2,1-4H3,(H2-,24,25,27,28)/p+1/t20-,26+/m0/s1. The molecule has 0 unspecified atom stereocenters. The lowest BCUT2D eigenvalue weighted by Crippen LogP contribution is -2.58. The first-order chi connectivity index (χ1) is 14.7. The second-order valence-corrected chi connectivity index (χ2v) is 8.45. The first-order valence-electron chi connectivity index (χ1n) is 10.2. The van der Waals surface area contributed by atoms with E-state index in [2.05, 4.69) is 5.32 Å². The number of amides is 2. The number of para-hydroxylation sites is 1. The number of nitrogens with two attached hydrogens (primary N) is 1. The number of aryl methyl sites for hydroxylation is 2. The van der Waals surface area contributed by atoms with Gasteiger partial charge < -0.3 is 29.7 Å². The monoisotopic (exact) mass is 426 g/mol. The Labute approximate surface area is 181 Å². The zero-order valence-corrected chi connectivity index (χ0v) is 18.3. The maximum Gasteiger partial charge on any atom is 0.287 e. The first kappa shape index (κ1) is 21.0. The van der Waals surface area contributed by atoms with Gasteiger partial charge >= 0.3 is 0 Å². The number of fused-ring (bicyclic) bond motifs is 2. The maximum atomic E-state index is 13.8. The van der Waals surface area contributed by atoms with E-state index in [1.54, 1.807) is 7.11 Å². The Balaban J connectivity index is 1.86. The molecule has 8 heteroatoms. The third-order valence-electron chi connectivity index (χ3n) is 6.23. The topological polar surface area (TPSA) is 99.9 Å². The van der Waals surface area contributed by atoms with Gasteiger partial charge in [0, 0.05) is 12.1 Å². The van der Waals surface area contributed by atoms with Crippen LogP contribution in [0.1, 0.15) is 28.3 Å². The van der Waals surface area contributed by atoms with Crippen molar-refractivity contribution in [2.24, 2.45) is 5.73 Å². The number of nitrogens with zero attached hydrogens (tertiary/aromatic N) is 1. The summed E-state index contributed by atoms with van der Waals surface area (Å²) in [6.07, 6.45) is 0.652. The summed E-state index contributed by atoms with van der Waals surface area (Å²) in [5.41, 5.74) is 9.95. The van der Waals surface area contributed by atoms with Crippen molar-refractivity contribution in [1.29, 1.82) is 0 Å². The highest BCUT2D eigenvalue weighted by molar-refractivity contribution is 5.97. The molecule has 2 aromatic rings. The molecule has 2 amide bonds. The Morgan fingerprint density at radius 3 is 2.61 bits per heavy atom. The molecule has 164 valence electrons. The number of rotatable bonds is 5. The Hall–Kier alpha value is -3.26. The summed E-state index contributed by atoms with van der Waals surface area (Å²) in [5, 5.41) is 3.10. The van der Waals surface area contributed by atoms with Crippen molar-refractivity contribution in [2.45, 2.75) is 26.3 Å². The van der Waals surface area contributed by atoms with Crippen LogP contribution in [-0.4, -0.2) is 50.3 Å². The molecule has 2 aliphatic rings. The van der Waals surface area contributed by atoms with Crippen molar-refractivity contribution in [1.82, 2.24) is 0 Å². The molecular weight excluding hydrogens is 398 g/mol. The fourth-order valence-electron chi connectivity index (χ4n) is 4.75. The van der Waals surface area contributed by atoms with E-state index in [4.69, 9.17) is 19.9 Å². The van der Waals surface area contributed by atoms with Gasteiger partial charge in [-0.3, -0.25) is 9.59 Å². The van der Waals surface area contributed by atoms with E-state index in [-0.39, 0.29) is 23.7 Å². The van der Waals surface area contributed by atoms with Crippen LogP contribution in [0.15, 0.2) is 24.3 Å². The number of hydrogen-bond donors (Lipinski definition) is 2. The molecule has 2 aromatic carbocycles. The lowest BCUT2D eigenvalue weighted by atomic mass is 9.88. The van der Waals surface area contributed by atoms with E-state index >= 15 is 0 Å². The van der Waals surface area contributed by atoms with Gasteiger partial charge in [-0.25, -0.2) is 0 Å². The van der Waals surface area contributed by atoms with Crippen LogP contribution in [-0.2, 0) is 16.0 Å². The Morgan fingerprint density at radius 1 is 1.26 bits per heavy atom. The minimum atomic E-state index is -0.709. The number of anilines is 1. The minimum Gasteiger partial charge on any atom is -0.492 e. The van der Waals surface area contributed by atoms with E-state index in [0.29, 0.717) is 35.8 Å². The molecule has 2 atom stereocenters. The molecule has 2 aliphatic heterocycles. The Bertz CT molecular complexity index is 1050. The van der Waals surface area contributed by atoms with Gasteiger partial charge in [0.1, 0.15) is 0 Å². The molecular formula is C23H28N3O5+. The van der Waals surface area contributed by atoms with Crippen molar-refractivity contribution in [3.05, 3.63) is 46.5 Å². The summed E-state index contributed by atoms with van der Waals surface area (Å²) in [5.74, 6) is 0.879. The van der Waals surface area contributed by atoms with Crippen LogP contribution in [0.5, 0.6) is 17.2 Å². The van der Waals surface area contributed by atoms with Crippen LogP contribution >= 0.6 is 0 Å². The second kappa shape index (κ2) is 7.77. The molecule has 0 radical (unpaired) electrons. The Morgan fingerprint density at radius 2 is 1.97 bits per heavy atom. The maximum absolute atomic E-state index is 13.8. The van der Waals surface area contributed by atoms with Crippen molar-refractivity contribution in [3.8, 4) is 17.2 Å². The number of likely N-dealkylation sites (N-methyl/N-ethyl adjacent to an activating group) is 1. The highest BCUT2D eigenvalue weighted by atomic mass is 16.7. The summed E-state index contributed by atoms with van der Waals surface area (Å²) in [4.78, 5) is 25.8. The van der Waals surface area contributed by atoms with Gasteiger partial charge in [-0.1, -0.05) is 18.2 Å². The molecule has 0 saturated carbocycles. The van der Waals surface area contributed by atoms with Crippen molar-refractivity contribution in [2.75, 3.05) is 39.4 Å².